The van der Waals surface area contributed by atoms with Crippen LogP contribution in [0.2, 0.25) is 0 Å². The van der Waals surface area contributed by atoms with E-state index >= 15 is 0 Å². The number of nitrogen functional groups attached to an aromatic ring is 1. The third kappa shape index (κ3) is 3.07. The van der Waals surface area contributed by atoms with E-state index in [2.05, 4.69) is 5.32 Å². The van der Waals surface area contributed by atoms with Crippen molar-refractivity contribution in [1.29, 1.82) is 0 Å². The van der Waals surface area contributed by atoms with Crippen LogP contribution in [0.5, 0.6) is 0 Å². The number of nitrogens with zero attached hydrogens (tertiary/aromatic N) is 1. The lowest BCUT2D eigenvalue weighted by Gasteiger charge is -2.24. The molecule has 0 atom stereocenters. The first-order valence-electron chi connectivity index (χ1n) is 5.54. The number of nitrogens with one attached hydrogen (secondary N) is 1. The molecule has 1 aromatic carbocycles. The Labute approximate surface area is 98.9 Å². The van der Waals surface area contributed by atoms with E-state index in [-0.39, 0.29) is 5.69 Å². The second-order valence-corrected chi connectivity index (χ2v) is 4.10. The molecule has 92 valence electrons. The molecule has 3 N–H and O–H groups in total. The molecule has 0 aliphatic carbocycles. The van der Waals surface area contributed by atoms with E-state index in [1.807, 2.05) is 0 Å². The van der Waals surface area contributed by atoms with Crippen LogP contribution in [0.15, 0.2) is 18.2 Å². The molecule has 17 heavy (non-hydrogen) atoms. The summed E-state index contributed by atoms with van der Waals surface area (Å²) in [4.78, 5) is 10.3. The van der Waals surface area contributed by atoms with Crippen LogP contribution < -0.4 is 11.1 Å². The number of non-ortho nitro benzene ring substituents is 1. The molecule has 0 radical (unpaired) electrons. The molecule has 1 aliphatic heterocycles. The van der Waals surface area contributed by atoms with Crippen molar-refractivity contribution in [2.24, 2.45) is 0 Å². The molecule has 0 unspecified atom stereocenters. The van der Waals surface area contributed by atoms with E-state index in [1.54, 1.807) is 6.07 Å². The number of nitro groups is 1. The van der Waals surface area contributed by atoms with E-state index in [0.29, 0.717) is 17.4 Å². The van der Waals surface area contributed by atoms with Crippen molar-refractivity contribution in [3.05, 3.63) is 28.3 Å². The minimum absolute atomic E-state index is 0.0135. The average Bonchev–Trinajstić information content (AvgIpc) is 2.29. The van der Waals surface area contributed by atoms with Gasteiger partial charge in [-0.1, -0.05) is 0 Å². The Morgan fingerprint density at radius 3 is 2.71 bits per heavy atom. The van der Waals surface area contributed by atoms with E-state index in [0.717, 1.165) is 26.1 Å². The number of nitrogens with two attached hydrogens (primary N) is 1. The first kappa shape index (κ1) is 11.7. The molecule has 0 spiro atoms. The van der Waals surface area contributed by atoms with Crippen LogP contribution in [-0.4, -0.2) is 24.2 Å². The molecule has 1 aliphatic rings. The summed E-state index contributed by atoms with van der Waals surface area (Å²) >= 11 is 0. The van der Waals surface area contributed by atoms with Gasteiger partial charge in [0.2, 0.25) is 0 Å². The van der Waals surface area contributed by atoms with Gasteiger partial charge in [-0.3, -0.25) is 10.1 Å². The van der Waals surface area contributed by atoms with Crippen molar-refractivity contribution in [2.45, 2.75) is 18.9 Å². The van der Waals surface area contributed by atoms with Crippen LogP contribution in [0, 0.1) is 10.1 Å². The van der Waals surface area contributed by atoms with Crippen LogP contribution in [-0.2, 0) is 4.74 Å². The number of rotatable bonds is 3. The molecule has 0 amide bonds. The Morgan fingerprint density at radius 1 is 1.35 bits per heavy atom. The average molecular weight is 237 g/mol. The first-order chi connectivity index (χ1) is 8.15. The highest BCUT2D eigenvalue weighted by molar-refractivity contribution is 5.61. The predicted octanol–water partition coefficient (Wildman–Crippen LogP) is 1.77. The van der Waals surface area contributed by atoms with Crippen LogP contribution in [0.1, 0.15) is 12.8 Å². The van der Waals surface area contributed by atoms with Crippen LogP contribution in [0.3, 0.4) is 0 Å². The van der Waals surface area contributed by atoms with E-state index < -0.39 is 4.92 Å². The van der Waals surface area contributed by atoms with Gasteiger partial charge in [0.1, 0.15) is 0 Å². The lowest BCUT2D eigenvalue weighted by Crippen LogP contribution is -2.27. The summed E-state index contributed by atoms with van der Waals surface area (Å²) in [5, 5.41) is 14.0. The Bertz CT molecular complexity index is 416. The number of hydrogen-bond donors (Lipinski definition) is 2. The minimum atomic E-state index is -0.439. The zero-order valence-corrected chi connectivity index (χ0v) is 9.39. The van der Waals surface area contributed by atoms with E-state index in [1.165, 1.54) is 12.1 Å². The molecule has 0 saturated carbocycles. The van der Waals surface area contributed by atoms with Gasteiger partial charge in [-0.05, 0) is 18.9 Å². The maximum absolute atomic E-state index is 10.7. The van der Waals surface area contributed by atoms with Crippen molar-refractivity contribution in [3.8, 4) is 0 Å². The zero-order valence-electron chi connectivity index (χ0n) is 9.39. The second kappa shape index (κ2) is 5.01. The van der Waals surface area contributed by atoms with Gasteiger partial charge in [0, 0.05) is 42.8 Å². The van der Waals surface area contributed by atoms with Gasteiger partial charge in [-0.25, -0.2) is 0 Å². The maximum Gasteiger partial charge on any atom is 0.273 e. The van der Waals surface area contributed by atoms with E-state index in [4.69, 9.17) is 10.5 Å². The summed E-state index contributed by atoms with van der Waals surface area (Å²) in [5.41, 5.74) is 6.74. The van der Waals surface area contributed by atoms with Gasteiger partial charge in [0.15, 0.2) is 0 Å². The zero-order chi connectivity index (χ0) is 12.3. The summed E-state index contributed by atoms with van der Waals surface area (Å²) in [6.45, 7) is 1.45. The highest BCUT2D eigenvalue weighted by Crippen LogP contribution is 2.24. The molecular weight excluding hydrogens is 222 g/mol. The molecule has 6 heteroatoms. The maximum atomic E-state index is 10.7. The normalized spacial score (nSPS) is 16.7. The summed E-state index contributed by atoms with van der Waals surface area (Å²) in [5.74, 6) is 0. The molecule has 1 saturated heterocycles. The van der Waals surface area contributed by atoms with Gasteiger partial charge in [-0.15, -0.1) is 0 Å². The Hall–Kier alpha value is -1.82. The van der Waals surface area contributed by atoms with Gasteiger partial charge in [-0.2, -0.15) is 0 Å². The first-order valence-corrected chi connectivity index (χ1v) is 5.54. The lowest BCUT2D eigenvalue weighted by atomic mass is 10.1. The molecule has 1 heterocycles. The smallest absolute Gasteiger partial charge is 0.273 e. The Balaban J connectivity index is 2.11. The number of hydrogen-bond acceptors (Lipinski definition) is 5. The summed E-state index contributed by atoms with van der Waals surface area (Å²) < 4.78 is 5.25. The predicted molar refractivity (Wildman–Crippen MR) is 65.0 cm³/mol. The van der Waals surface area contributed by atoms with Gasteiger partial charge < -0.3 is 15.8 Å². The summed E-state index contributed by atoms with van der Waals surface area (Å²) in [6.07, 6.45) is 1.81. The van der Waals surface area contributed by atoms with Gasteiger partial charge in [0.05, 0.1) is 4.92 Å². The number of anilines is 2. The number of benzene rings is 1. The summed E-state index contributed by atoms with van der Waals surface area (Å²) in [7, 11) is 0. The molecule has 2 rings (SSSR count). The topological polar surface area (TPSA) is 90.4 Å². The van der Waals surface area contributed by atoms with Gasteiger partial charge >= 0.3 is 0 Å². The fraction of sp³-hybridized carbons (Fsp3) is 0.455. The molecule has 1 aromatic rings. The van der Waals surface area contributed by atoms with Crippen LogP contribution in [0.25, 0.3) is 0 Å². The fourth-order valence-electron chi connectivity index (χ4n) is 1.90. The van der Waals surface area contributed by atoms with Crippen molar-refractivity contribution < 1.29 is 9.66 Å². The Morgan fingerprint density at radius 2 is 2.06 bits per heavy atom. The summed E-state index contributed by atoms with van der Waals surface area (Å²) in [6, 6.07) is 4.87. The number of nitro benzene ring substituents is 1. The molecule has 0 bridgehead atoms. The standard InChI is InChI=1S/C11H15N3O3/c12-8-5-10(7-11(6-8)14(15)16)13-9-1-3-17-4-2-9/h5-7,9,13H,1-4,12H2. The lowest BCUT2D eigenvalue weighted by molar-refractivity contribution is -0.384. The number of ether oxygens (including phenoxy) is 1. The third-order valence-corrected chi connectivity index (χ3v) is 2.74. The highest BCUT2D eigenvalue weighted by atomic mass is 16.6. The largest absolute Gasteiger partial charge is 0.398 e. The second-order valence-electron chi connectivity index (χ2n) is 4.10. The molecule has 6 nitrogen and oxygen atoms in total. The third-order valence-electron chi connectivity index (χ3n) is 2.74. The van der Waals surface area contributed by atoms with Crippen molar-refractivity contribution in [3.63, 3.8) is 0 Å². The molecule has 1 fully saturated rings. The molecular formula is C11H15N3O3. The van der Waals surface area contributed by atoms with Gasteiger partial charge in [0.25, 0.3) is 5.69 Å². The monoisotopic (exact) mass is 237 g/mol. The molecule has 0 aromatic heterocycles. The highest BCUT2D eigenvalue weighted by Gasteiger charge is 2.15. The van der Waals surface area contributed by atoms with Crippen LogP contribution >= 0.6 is 0 Å². The SMILES string of the molecule is Nc1cc(NC2CCOCC2)cc([N+](=O)[O-])c1. The van der Waals surface area contributed by atoms with Crippen LogP contribution in [0.4, 0.5) is 17.1 Å². The van der Waals surface area contributed by atoms with Crippen molar-refractivity contribution in [2.75, 3.05) is 24.3 Å². The van der Waals surface area contributed by atoms with Crippen molar-refractivity contribution in [1.82, 2.24) is 0 Å². The Kier molecular flexibility index (Phi) is 3.43. The quantitative estimate of drug-likeness (QED) is 0.475. The minimum Gasteiger partial charge on any atom is -0.398 e. The van der Waals surface area contributed by atoms with E-state index in [9.17, 15) is 10.1 Å². The van der Waals surface area contributed by atoms with Crippen molar-refractivity contribution >= 4 is 17.1 Å². The fourth-order valence-corrected chi connectivity index (χ4v) is 1.90.